The van der Waals surface area contributed by atoms with Crippen LogP contribution in [0.2, 0.25) is 0 Å². The summed E-state index contributed by atoms with van der Waals surface area (Å²) >= 11 is 0. The topological polar surface area (TPSA) is 35.2 Å². The Labute approximate surface area is 105 Å². The van der Waals surface area contributed by atoms with Gasteiger partial charge in [-0.15, -0.1) is 0 Å². The van der Waals surface area contributed by atoms with E-state index in [2.05, 4.69) is 33.8 Å². The molecule has 0 amide bonds. The minimum absolute atomic E-state index is 0.435. The van der Waals surface area contributed by atoms with Gasteiger partial charge in [0.1, 0.15) is 5.75 Å². The number of benzene rings is 1. The first kappa shape index (κ1) is 13.9. The Kier molecular flexibility index (Phi) is 4.86. The predicted molar refractivity (Wildman–Crippen MR) is 74.6 cm³/mol. The van der Waals surface area contributed by atoms with Crippen molar-refractivity contribution in [1.82, 2.24) is 0 Å². The van der Waals surface area contributed by atoms with Gasteiger partial charge in [0.15, 0.2) is 0 Å². The maximum Gasteiger partial charge on any atom is 0.123 e. The molecule has 1 unspecified atom stereocenters. The highest BCUT2D eigenvalue weighted by atomic mass is 16.5. The smallest absolute Gasteiger partial charge is 0.123 e. The fourth-order valence-corrected chi connectivity index (χ4v) is 1.64. The van der Waals surface area contributed by atoms with Crippen molar-refractivity contribution < 1.29 is 4.74 Å². The fourth-order valence-electron chi connectivity index (χ4n) is 1.64. The van der Waals surface area contributed by atoms with Crippen molar-refractivity contribution in [3.63, 3.8) is 0 Å². The van der Waals surface area contributed by atoms with E-state index in [0.29, 0.717) is 11.8 Å². The number of aryl methyl sites for hydroxylation is 1. The number of hydrogen-bond donors (Lipinski definition) is 1. The molecule has 2 nitrogen and oxygen atoms in total. The molecule has 1 atom stereocenters. The minimum atomic E-state index is 0.435. The Morgan fingerprint density at radius 3 is 2.41 bits per heavy atom. The number of rotatable bonds is 5. The van der Waals surface area contributed by atoms with Crippen molar-refractivity contribution in [3.05, 3.63) is 23.3 Å². The van der Waals surface area contributed by atoms with Gasteiger partial charge >= 0.3 is 0 Å². The zero-order valence-electron chi connectivity index (χ0n) is 11.7. The second kappa shape index (κ2) is 5.95. The van der Waals surface area contributed by atoms with E-state index >= 15 is 0 Å². The summed E-state index contributed by atoms with van der Waals surface area (Å²) in [4.78, 5) is 0. The van der Waals surface area contributed by atoms with Crippen molar-refractivity contribution in [3.8, 4) is 5.75 Å². The third kappa shape index (κ3) is 3.65. The van der Waals surface area contributed by atoms with Crippen LogP contribution in [-0.2, 0) is 0 Å². The first-order valence-corrected chi connectivity index (χ1v) is 6.48. The molecule has 0 aliphatic carbocycles. The van der Waals surface area contributed by atoms with Crippen molar-refractivity contribution in [2.45, 2.75) is 47.0 Å². The summed E-state index contributed by atoms with van der Waals surface area (Å²) in [5.74, 6) is 2.02. The largest absolute Gasteiger partial charge is 0.493 e. The van der Waals surface area contributed by atoms with Crippen LogP contribution in [-0.4, -0.2) is 6.61 Å². The van der Waals surface area contributed by atoms with Crippen LogP contribution in [0.5, 0.6) is 5.75 Å². The molecule has 0 aliphatic heterocycles. The summed E-state index contributed by atoms with van der Waals surface area (Å²) in [6.45, 7) is 11.5. The van der Waals surface area contributed by atoms with Crippen LogP contribution in [0, 0.1) is 12.8 Å². The quantitative estimate of drug-likeness (QED) is 0.779. The highest BCUT2D eigenvalue weighted by molar-refractivity contribution is 5.55. The molecule has 0 spiro atoms. The van der Waals surface area contributed by atoms with Gasteiger partial charge in [-0.05, 0) is 42.0 Å². The van der Waals surface area contributed by atoms with Gasteiger partial charge in [-0.2, -0.15) is 0 Å². The molecule has 1 aromatic rings. The zero-order valence-corrected chi connectivity index (χ0v) is 11.7. The van der Waals surface area contributed by atoms with Crippen molar-refractivity contribution in [1.29, 1.82) is 0 Å². The zero-order chi connectivity index (χ0) is 13.0. The van der Waals surface area contributed by atoms with Gasteiger partial charge in [0.25, 0.3) is 0 Å². The van der Waals surface area contributed by atoms with Crippen LogP contribution in [0.15, 0.2) is 12.1 Å². The maximum atomic E-state index is 5.95. The number of nitrogens with two attached hydrogens (primary N) is 1. The van der Waals surface area contributed by atoms with Gasteiger partial charge < -0.3 is 10.5 Å². The average Bonchev–Trinajstić information content (AvgIpc) is 2.29. The van der Waals surface area contributed by atoms with Crippen LogP contribution < -0.4 is 10.5 Å². The van der Waals surface area contributed by atoms with E-state index in [1.54, 1.807) is 0 Å². The summed E-state index contributed by atoms with van der Waals surface area (Å²) in [7, 11) is 0. The van der Waals surface area contributed by atoms with Gasteiger partial charge in [0.2, 0.25) is 0 Å². The van der Waals surface area contributed by atoms with Gasteiger partial charge in [0.05, 0.1) is 6.61 Å². The Morgan fingerprint density at radius 2 is 1.88 bits per heavy atom. The van der Waals surface area contributed by atoms with E-state index in [-0.39, 0.29) is 0 Å². The monoisotopic (exact) mass is 235 g/mol. The molecule has 1 rings (SSSR count). The molecule has 0 saturated carbocycles. The van der Waals surface area contributed by atoms with Crippen LogP contribution in [0.3, 0.4) is 0 Å². The molecule has 2 N–H and O–H groups in total. The van der Waals surface area contributed by atoms with Gasteiger partial charge in [-0.25, -0.2) is 0 Å². The first-order valence-electron chi connectivity index (χ1n) is 6.48. The molecule has 0 aliphatic rings. The summed E-state index contributed by atoms with van der Waals surface area (Å²) < 4.78 is 5.93. The molecule has 0 bridgehead atoms. The Morgan fingerprint density at radius 1 is 1.24 bits per heavy atom. The maximum absolute atomic E-state index is 5.95. The van der Waals surface area contributed by atoms with Crippen molar-refractivity contribution >= 4 is 5.69 Å². The fraction of sp³-hybridized carbons (Fsp3) is 0.600. The Bertz CT molecular complexity index is 371. The SMILES string of the molecule is CCC(C)COc1cc(C)c(N)cc1C(C)C. The van der Waals surface area contributed by atoms with Crippen LogP contribution in [0.25, 0.3) is 0 Å². The van der Waals surface area contributed by atoms with Gasteiger partial charge in [-0.1, -0.05) is 34.1 Å². The lowest BCUT2D eigenvalue weighted by molar-refractivity contribution is 0.253. The van der Waals surface area contributed by atoms with E-state index in [1.807, 2.05) is 13.0 Å². The molecule has 17 heavy (non-hydrogen) atoms. The molecular formula is C15H25NO. The molecule has 0 aromatic heterocycles. The number of ether oxygens (including phenoxy) is 1. The number of hydrogen-bond acceptors (Lipinski definition) is 2. The van der Waals surface area contributed by atoms with E-state index < -0.39 is 0 Å². The average molecular weight is 235 g/mol. The van der Waals surface area contributed by atoms with Gasteiger partial charge in [0, 0.05) is 5.69 Å². The lowest BCUT2D eigenvalue weighted by Crippen LogP contribution is -2.09. The van der Waals surface area contributed by atoms with E-state index in [1.165, 1.54) is 5.56 Å². The minimum Gasteiger partial charge on any atom is -0.493 e. The van der Waals surface area contributed by atoms with Gasteiger partial charge in [-0.3, -0.25) is 0 Å². The molecule has 0 fully saturated rings. The lowest BCUT2D eigenvalue weighted by Gasteiger charge is -2.18. The van der Waals surface area contributed by atoms with Crippen LogP contribution >= 0.6 is 0 Å². The predicted octanol–water partition coefficient (Wildman–Crippen LogP) is 4.13. The number of anilines is 1. The normalized spacial score (nSPS) is 12.8. The van der Waals surface area contributed by atoms with Crippen molar-refractivity contribution in [2.75, 3.05) is 12.3 Å². The molecular weight excluding hydrogens is 210 g/mol. The molecule has 0 radical (unpaired) electrons. The molecule has 0 heterocycles. The van der Waals surface area contributed by atoms with Crippen LogP contribution in [0.4, 0.5) is 5.69 Å². The Balaban J connectivity index is 2.92. The molecule has 2 heteroatoms. The summed E-state index contributed by atoms with van der Waals surface area (Å²) in [5, 5.41) is 0. The lowest BCUT2D eigenvalue weighted by atomic mass is 9.99. The molecule has 0 saturated heterocycles. The highest BCUT2D eigenvalue weighted by Gasteiger charge is 2.11. The van der Waals surface area contributed by atoms with E-state index in [4.69, 9.17) is 10.5 Å². The highest BCUT2D eigenvalue weighted by Crippen LogP contribution is 2.31. The summed E-state index contributed by atoms with van der Waals surface area (Å²) in [6.07, 6.45) is 1.14. The standard InChI is InChI=1S/C15H25NO/c1-6-11(4)9-17-15-7-12(5)14(16)8-13(15)10(2)3/h7-8,10-11H,6,9,16H2,1-5H3. The molecule has 1 aromatic carbocycles. The molecule has 96 valence electrons. The third-order valence-corrected chi connectivity index (χ3v) is 3.24. The summed E-state index contributed by atoms with van der Waals surface area (Å²) in [6, 6.07) is 4.11. The summed E-state index contributed by atoms with van der Waals surface area (Å²) in [5.41, 5.74) is 9.10. The van der Waals surface area contributed by atoms with E-state index in [0.717, 1.165) is 30.0 Å². The van der Waals surface area contributed by atoms with Crippen LogP contribution in [0.1, 0.15) is 51.2 Å². The Hall–Kier alpha value is -1.18. The second-order valence-electron chi connectivity index (χ2n) is 5.23. The third-order valence-electron chi connectivity index (χ3n) is 3.24. The first-order chi connectivity index (χ1) is 7.95. The van der Waals surface area contributed by atoms with Crippen molar-refractivity contribution in [2.24, 2.45) is 5.92 Å². The number of nitrogen functional groups attached to an aromatic ring is 1. The van der Waals surface area contributed by atoms with E-state index in [9.17, 15) is 0 Å². The second-order valence-corrected chi connectivity index (χ2v) is 5.23.